The monoisotopic (exact) mass is 299 g/mol. The lowest BCUT2D eigenvalue weighted by molar-refractivity contribution is -0.385. The number of rotatable bonds is 5. The lowest BCUT2D eigenvalue weighted by Crippen LogP contribution is -2.10. The van der Waals surface area contributed by atoms with Crippen molar-refractivity contribution in [1.82, 2.24) is 0 Å². The molecule has 0 bridgehead atoms. The van der Waals surface area contributed by atoms with E-state index in [-0.39, 0.29) is 0 Å². The molecule has 1 aromatic carbocycles. The predicted molar refractivity (Wildman–Crippen MR) is 69.6 cm³/mol. The summed E-state index contributed by atoms with van der Waals surface area (Å²) in [5.74, 6) is -3.87. The van der Waals surface area contributed by atoms with E-state index in [2.05, 4.69) is 0 Å². The van der Waals surface area contributed by atoms with Crippen LogP contribution in [0.4, 0.5) is 5.69 Å². The zero-order chi connectivity index (χ0) is 16.6. The van der Waals surface area contributed by atoms with E-state index in [4.69, 9.17) is 15.3 Å². The average Bonchev–Trinajstić information content (AvgIpc) is 2.37. The van der Waals surface area contributed by atoms with Crippen molar-refractivity contribution in [3.05, 3.63) is 39.4 Å². The fraction of sp³-hybridized carbons (Fsp3) is 0.250. The van der Waals surface area contributed by atoms with Crippen molar-refractivity contribution < 1.29 is 34.6 Å². The molecule has 0 amide bonds. The topological polar surface area (TPSA) is 155 Å². The lowest BCUT2D eigenvalue weighted by atomic mass is 10.1. The van der Waals surface area contributed by atoms with Crippen molar-refractivity contribution >= 4 is 23.6 Å². The number of benzene rings is 1. The fourth-order valence-electron chi connectivity index (χ4n) is 1.31. The van der Waals surface area contributed by atoms with E-state index in [1.807, 2.05) is 6.92 Å². The molecule has 0 saturated heterocycles. The van der Waals surface area contributed by atoms with Gasteiger partial charge in [0, 0.05) is 12.5 Å². The minimum Gasteiger partial charge on any atom is -0.481 e. The van der Waals surface area contributed by atoms with Gasteiger partial charge in [-0.2, -0.15) is 0 Å². The zero-order valence-corrected chi connectivity index (χ0v) is 11.0. The van der Waals surface area contributed by atoms with Crippen molar-refractivity contribution in [1.29, 1.82) is 0 Å². The molecule has 0 saturated carbocycles. The van der Waals surface area contributed by atoms with Gasteiger partial charge in [-0.25, -0.2) is 9.59 Å². The van der Waals surface area contributed by atoms with E-state index in [1.54, 1.807) is 0 Å². The highest BCUT2D eigenvalue weighted by Crippen LogP contribution is 2.22. The molecule has 21 heavy (non-hydrogen) atoms. The minimum atomic E-state index is -1.64. The van der Waals surface area contributed by atoms with Crippen molar-refractivity contribution in [2.45, 2.75) is 19.8 Å². The van der Waals surface area contributed by atoms with Crippen LogP contribution in [0.3, 0.4) is 0 Å². The van der Waals surface area contributed by atoms with Crippen molar-refractivity contribution in [2.24, 2.45) is 0 Å². The Morgan fingerprint density at radius 1 is 1.14 bits per heavy atom. The first kappa shape index (κ1) is 18.0. The second kappa shape index (κ2) is 8.25. The number of nitro groups is 1. The molecule has 0 atom stereocenters. The molecule has 0 fully saturated rings. The van der Waals surface area contributed by atoms with E-state index >= 15 is 0 Å². The number of aromatic carboxylic acids is 2. The molecule has 0 aliphatic carbocycles. The maximum Gasteiger partial charge on any atom is 0.343 e. The molecule has 9 nitrogen and oxygen atoms in total. The van der Waals surface area contributed by atoms with Crippen LogP contribution < -0.4 is 0 Å². The molecule has 0 heterocycles. The molecule has 0 radical (unpaired) electrons. The van der Waals surface area contributed by atoms with Gasteiger partial charge in [0.15, 0.2) is 5.56 Å². The third-order valence-corrected chi connectivity index (χ3v) is 2.15. The molecule has 9 heteroatoms. The molecule has 114 valence electrons. The van der Waals surface area contributed by atoms with Crippen LogP contribution in [-0.2, 0) is 4.79 Å². The van der Waals surface area contributed by atoms with Gasteiger partial charge in [-0.1, -0.05) is 13.0 Å². The Hall–Kier alpha value is -2.97. The highest BCUT2D eigenvalue weighted by atomic mass is 16.6. The maximum atomic E-state index is 10.7. The Balaban J connectivity index is 0.000000567. The largest absolute Gasteiger partial charge is 0.481 e. The molecule has 0 aliphatic rings. The van der Waals surface area contributed by atoms with Gasteiger partial charge in [0.25, 0.3) is 5.69 Å². The van der Waals surface area contributed by atoms with Crippen molar-refractivity contribution in [3.8, 4) is 0 Å². The Kier molecular flexibility index (Phi) is 7.08. The van der Waals surface area contributed by atoms with Crippen LogP contribution >= 0.6 is 0 Å². The van der Waals surface area contributed by atoms with Gasteiger partial charge in [-0.15, -0.1) is 0 Å². The van der Waals surface area contributed by atoms with E-state index in [9.17, 15) is 24.5 Å². The molecule has 0 aliphatic heterocycles. The molecular formula is C12H13NO8. The van der Waals surface area contributed by atoms with Crippen molar-refractivity contribution in [3.63, 3.8) is 0 Å². The Labute approximate surface area is 118 Å². The van der Waals surface area contributed by atoms with Crippen LogP contribution in [0.1, 0.15) is 40.5 Å². The van der Waals surface area contributed by atoms with E-state index < -0.39 is 39.6 Å². The van der Waals surface area contributed by atoms with E-state index in [0.717, 1.165) is 24.6 Å². The summed E-state index contributed by atoms with van der Waals surface area (Å²) in [6, 6.07) is 3.06. The van der Waals surface area contributed by atoms with Gasteiger partial charge in [-0.3, -0.25) is 14.9 Å². The first-order chi connectivity index (χ1) is 9.72. The summed E-state index contributed by atoms with van der Waals surface area (Å²) in [5, 5.41) is 35.7. The van der Waals surface area contributed by atoms with Gasteiger partial charge in [0.2, 0.25) is 0 Å². The highest BCUT2D eigenvalue weighted by molar-refractivity contribution is 6.04. The number of hydrogen-bond donors (Lipinski definition) is 3. The van der Waals surface area contributed by atoms with Crippen LogP contribution in [0.2, 0.25) is 0 Å². The van der Waals surface area contributed by atoms with Gasteiger partial charge in [-0.05, 0) is 12.5 Å². The third kappa shape index (κ3) is 5.68. The fourth-order valence-corrected chi connectivity index (χ4v) is 1.31. The summed E-state index contributed by atoms with van der Waals surface area (Å²) in [4.78, 5) is 40.4. The molecule has 1 aromatic rings. The number of carboxylic acids is 3. The highest BCUT2D eigenvalue weighted by Gasteiger charge is 2.26. The predicted octanol–water partition coefficient (Wildman–Crippen LogP) is 1.86. The van der Waals surface area contributed by atoms with Crippen LogP contribution in [0.5, 0.6) is 0 Å². The quantitative estimate of drug-likeness (QED) is 0.549. The third-order valence-electron chi connectivity index (χ3n) is 2.15. The van der Waals surface area contributed by atoms with Gasteiger partial charge >= 0.3 is 17.9 Å². The van der Waals surface area contributed by atoms with Crippen LogP contribution in [0.15, 0.2) is 18.2 Å². The smallest absolute Gasteiger partial charge is 0.343 e. The first-order valence-corrected chi connectivity index (χ1v) is 5.68. The number of carbonyl (C=O) groups is 3. The summed E-state index contributed by atoms with van der Waals surface area (Å²) in [5.41, 5.74) is -2.14. The van der Waals surface area contributed by atoms with Gasteiger partial charge in [0.05, 0.1) is 10.5 Å². The number of nitro benzene ring substituents is 1. The van der Waals surface area contributed by atoms with E-state index in [0.29, 0.717) is 6.42 Å². The van der Waals surface area contributed by atoms with E-state index in [1.165, 1.54) is 0 Å². The molecule has 0 aromatic heterocycles. The molecular weight excluding hydrogens is 286 g/mol. The summed E-state index contributed by atoms with van der Waals surface area (Å²) in [6.45, 7) is 1.84. The summed E-state index contributed by atoms with van der Waals surface area (Å²) < 4.78 is 0. The summed E-state index contributed by atoms with van der Waals surface area (Å²) in [6.07, 6.45) is 1.02. The average molecular weight is 299 g/mol. The Morgan fingerprint density at radius 2 is 1.71 bits per heavy atom. The minimum absolute atomic E-state index is 0.292. The maximum absolute atomic E-state index is 10.7. The zero-order valence-electron chi connectivity index (χ0n) is 11.0. The van der Waals surface area contributed by atoms with Crippen LogP contribution in [0, 0.1) is 10.1 Å². The number of aliphatic carboxylic acids is 1. The Morgan fingerprint density at radius 3 is 2.00 bits per heavy atom. The van der Waals surface area contributed by atoms with Gasteiger partial charge in [0.1, 0.15) is 0 Å². The summed E-state index contributed by atoms with van der Waals surface area (Å²) >= 11 is 0. The first-order valence-electron chi connectivity index (χ1n) is 5.68. The normalized spacial score (nSPS) is 9.19. The van der Waals surface area contributed by atoms with Gasteiger partial charge < -0.3 is 15.3 Å². The van der Waals surface area contributed by atoms with Crippen LogP contribution in [-0.4, -0.2) is 38.2 Å². The lowest BCUT2D eigenvalue weighted by Gasteiger charge is -2.01. The SMILES string of the molecule is CCCC(=O)O.O=C(O)c1cccc([N+](=O)[O-])c1C(=O)O. The number of carboxylic acid groups (broad SMARTS) is 3. The molecule has 1 rings (SSSR count). The van der Waals surface area contributed by atoms with Crippen LogP contribution in [0.25, 0.3) is 0 Å². The van der Waals surface area contributed by atoms with Crippen molar-refractivity contribution in [2.75, 3.05) is 0 Å². The molecule has 0 unspecified atom stereocenters. The standard InChI is InChI=1S/C8H5NO6.C4H8O2/c10-7(11)4-2-1-3-5(9(14)15)6(4)8(12)13;1-2-3-4(5)6/h1-3H,(H,10,11)(H,12,13);2-3H2,1H3,(H,5,6). The summed E-state index contributed by atoms with van der Waals surface area (Å²) in [7, 11) is 0. The second-order valence-electron chi connectivity index (χ2n) is 3.71. The number of hydrogen-bond acceptors (Lipinski definition) is 5. The molecule has 0 spiro atoms. The molecule has 3 N–H and O–H groups in total. The number of nitrogens with zero attached hydrogens (tertiary/aromatic N) is 1. The second-order valence-corrected chi connectivity index (χ2v) is 3.71. The Bertz CT molecular complexity index is 534.